The Bertz CT molecular complexity index is 1140. The zero-order chi connectivity index (χ0) is 21.4. The molecule has 1 saturated carbocycles. The van der Waals surface area contributed by atoms with Gasteiger partial charge in [-0.1, -0.05) is 0 Å². The lowest BCUT2D eigenvalue weighted by Crippen LogP contribution is -2.37. The van der Waals surface area contributed by atoms with Crippen molar-refractivity contribution in [2.45, 2.75) is 51.6 Å². The molecule has 2 aliphatic rings. The van der Waals surface area contributed by atoms with Gasteiger partial charge in [0.15, 0.2) is 0 Å². The molecular formula is C23H25N5O2S. The third kappa shape index (κ3) is 4.08. The molecule has 2 fully saturated rings. The van der Waals surface area contributed by atoms with Crippen molar-refractivity contribution in [3.63, 3.8) is 0 Å². The molecule has 3 heterocycles. The first-order chi connectivity index (χ1) is 15.1. The van der Waals surface area contributed by atoms with Gasteiger partial charge < -0.3 is 0 Å². The second kappa shape index (κ2) is 8.40. The van der Waals surface area contributed by atoms with Crippen molar-refractivity contribution in [1.82, 2.24) is 19.8 Å². The molecule has 2 aromatic heterocycles. The summed E-state index contributed by atoms with van der Waals surface area (Å²) in [6, 6.07) is 7.72. The van der Waals surface area contributed by atoms with Crippen molar-refractivity contribution < 1.29 is 9.63 Å². The highest BCUT2D eigenvalue weighted by Crippen LogP contribution is 2.36. The van der Waals surface area contributed by atoms with E-state index in [2.05, 4.69) is 16.2 Å². The summed E-state index contributed by atoms with van der Waals surface area (Å²) in [5.74, 6) is 0.636. The van der Waals surface area contributed by atoms with E-state index in [9.17, 15) is 4.79 Å². The number of hydrogen-bond acceptors (Lipinski definition) is 6. The van der Waals surface area contributed by atoms with Crippen LogP contribution < -0.4 is 0 Å². The average molecular weight is 436 g/mol. The average Bonchev–Trinajstić information content (AvgIpc) is 3.52. The molecule has 0 N–H and O–H groups in total. The largest absolute Gasteiger partial charge is 0.272 e. The van der Waals surface area contributed by atoms with Gasteiger partial charge in [0, 0.05) is 35.8 Å². The maximum Gasteiger partial charge on any atom is 0.249 e. The first kappa shape index (κ1) is 20.2. The SMILES string of the molecule is Cc1nc([C@@H]2CCON2C(=O)[C@H]2CC[C@H](Cn3cc4ccc(C#N)cc4n3)CC2)cs1. The van der Waals surface area contributed by atoms with E-state index in [1.54, 1.807) is 16.4 Å². The minimum Gasteiger partial charge on any atom is -0.272 e. The lowest BCUT2D eigenvalue weighted by Gasteiger charge is -2.31. The van der Waals surface area contributed by atoms with Crippen LogP contribution in [0.2, 0.25) is 0 Å². The Labute approximate surface area is 185 Å². The number of hydrogen-bond donors (Lipinski definition) is 0. The molecule has 1 aliphatic heterocycles. The monoisotopic (exact) mass is 435 g/mol. The van der Waals surface area contributed by atoms with E-state index in [1.165, 1.54) is 0 Å². The standard InChI is InChI=1S/C23H25N5O2S/c1-15-25-21(14-31-15)22-8-9-30-28(22)23(29)18-5-2-16(3-6-18)12-27-13-19-7-4-17(11-24)10-20(19)26-27/h4,7,10,13-14,16,18,22H,2-3,5-6,8-9,12H2,1H3/t16-,18-,22-/m0/s1. The first-order valence-electron chi connectivity index (χ1n) is 10.9. The number of aromatic nitrogens is 3. The van der Waals surface area contributed by atoms with Gasteiger partial charge in [-0.3, -0.25) is 14.3 Å². The van der Waals surface area contributed by atoms with Crippen LogP contribution in [0, 0.1) is 30.1 Å². The van der Waals surface area contributed by atoms with Gasteiger partial charge in [0.2, 0.25) is 5.91 Å². The van der Waals surface area contributed by atoms with E-state index in [1.807, 2.05) is 41.4 Å². The Morgan fingerprint density at radius 1 is 1.29 bits per heavy atom. The van der Waals surface area contributed by atoms with Gasteiger partial charge in [0.1, 0.15) is 6.04 Å². The van der Waals surface area contributed by atoms with Crippen molar-refractivity contribution in [3.8, 4) is 6.07 Å². The number of carbonyl (C=O) groups excluding carboxylic acids is 1. The van der Waals surface area contributed by atoms with Crippen LogP contribution >= 0.6 is 11.3 Å². The number of nitriles is 1. The number of rotatable bonds is 4. The van der Waals surface area contributed by atoms with Crippen molar-refractivity contribution in [2.75, 3.05) is 6.61 Å². The van der Waals surface area contributed by atoms with E-state index >= 15 is 0 Å². The highest BCUT2D eigenvalue weighted by atomic mass is 32.1. The van der Waals surface area contributed by atoms with E-state index in [4.69, 9.17) is 10.1 Å². The quantitative estimate of drug-likeness (QED) is 0.607. The molecule has 7 nitrogen and oxygen atoms in total. The fourth-order valence-corrected chi connectivity index (χ4v) is 5.41. The zero-order valence-electron chi connectivity index (χ0n) is 17.5. The van der Waals surface area contributed by atoms with E-state index < -0.39 is 0 Å². The number of aryl methyl sites for hydroxylation is 1. The fourth-order valence-electron chi connectivity index (χ4n) is 4.76. The summed E-state index contributed by atoms with van der Waals surface area (Å²) in [4.78, 5) is 23.5. The van der Waals surface area contributed by atoms with E-state index in [-0.39, 0.29) is 17.9 Å². The molecular weight excluding hydrogens is 410 g/mol. The molecule has 0 unspecified atom stereocenters. The van der Waals surface area contributed by atoms with Crippen LogP contribution in [0.15, 0.2) is 29.8 Å². The van der Waals surface area contributed by atoms with Gasteiger partial charge in [0.05, 0.1) is 34.5 Å². The van der Waals surface area contributed by atoms with Gasteiger partial charge in [0.25, 0.3) is 0 Å². The summed E-state index contributed by atoms with van der Waals surface area (Å²) < 4.78 is 1.99. The number of carbonyl (C=O) groups is 1. The molecule has 31 heavy (non-hydrogen) atoms. The Morgan fingerprint density at radius 3 is 2.87 bits per heavy atom. The molecule has 1 amide bonds. The summed E-state index contributed by atoms with van der Waals surface area (Å²) >= 11 is 1.62. The number of fused-ring (bicyclic) bond motifs is 1. The molecule has 1 aromatic carbocycles. The number of amides is 1. The topological polar surface area (TPSA) is 84.0 Å². The highest BCUT2D eigenvalue weighted by Gasteiger charge is 2.38. The van der Waals surface area contributed by atoms with E-state index in [0.717, 1.165) is 60.3 Å². The summed E-state index contributed by atoms with van der Waals surface area (Å²) in [6.07, 6.45) is 6.63. The predicted octanol–water partition coefficient (Wildman–Crippen LogP) is 4.38. The molecule has 1 atom stereocenters. The molecule has 0 bridgehead atoms. The normalized spacial score (nSPS) is 23.9. The molecule has 1 aliphatic carbocycles. The minimum absolute atomic E-state index is 0.0199. The molecule has 5 rings (SSSR count). The Kier molecular flexibility index (Phi) is 5.47. The third-order valence-electron chi connectivity index (χ3n) is 6.43. The zero-order valence-corrected chi connectivity index (χ0v) is 18.3. The lowest BCUT2D eigenvalue weighted by atomic mass is 9.81. The minimum atomic E-state index is -0.0509. The molecule has 0 spiro atoms. The van der Waals surface area contributed by atoms with Crippen molar-refractivity contribution in [3.05, 3.63) is 46.0 Å². The van der Waals surface area contributed by atoms with Gasteiger partial charge >= 0.3 is 0 Å². The Hall–Kier alpha value is -2.76. The molecule has 160 valence electrons. The van der Waals surface area contributed by atoms with Crippen LogP contribution in [0.1, 0.15) is 54.4 Å². The van der Waals surface area contributed by atoms with Crippen LogP contribution in [0.25, 0.3) is 10.9 Å². The summed E-state index contributed by atoms with van der Waals surface area (Å²) in [6.45, 7) is 3.41. The maximum atomic E-state index is 13.2. The smallest absolute Gasteiger partial charge is 0.249 e. The number of hydroxylamine groups is 2. The third-order valence-corrected chi connectivity index (χ3v) is 7.22. The highest BCUT2D eigenvalue weighted by molar-refractivity contribution is 7.09. The van der Waals surface area contributed by atoms with Crippen molar-refractivity contribution in [2.24, 2.45) is 11.8 Å². The predicted molar refractivity (Wildman–Crippen MR) is 117 cm³/mol. The summed E-state index contributed by atoms with van der Waals surface area (Å²) in [5, 5.41) is 19.4. The van der Waals surface area contributed by atoms with Crippen LogP contribution in [0.3, 0.4) is 0 Å². The fraction of sp³-hybridized carbons (Fsp3) is 0.478. The number of thiazole rings is 1. The Balaban J connectivity index is 1.19. The number of benzene rings is 1. The van der Waals surface area contributed by atoms with Gasteiger partial charge in [-0.05, 0) is 56.7 Å². The van der Waals surface area contributed by atoms with Gasteiger partial charge in [-0.2, -0.15) is 10.4 Å². The first-order valence-corrected chi connectivity index (χ1v) is 11.7. The summed E-state index contributed by atoms with van der Waals surface area (Å²) in [7, 11) is 0. The molecule has 1 saturated heterocycles. The van der Waals surface area contributed by atoms with Crippen molar-refractivity contribution in [1.29, 1.82) is 5.26 Å². The Morgan fingerprint density at radius 2 is 2.13 bits per heavy atom. The summed E-state index contributed by atoms with van der Waals surface area (Å²) in [5.41, 5.74) is 2.44. The molecule has 0 radical (unpaired) electrons. The maximum absolute atomic E-state index is 13.2. The lowest BCUT2D eigenvalue weighted by molar-refractivity contribution is -0.183. The van der Waals surface area contributed by atoms with Gasteiger partial charge in [-0.15, -0.1) is 11.3 Å². The van der Waals surface area contributed by atoms with Gasteiger partial charge in [-0.25, -0.2) is 10.0 Å². The van der Waals surface area contributed by atoms with Crippen LogP contribution in [-0.4, -0.2) is 32.3 Å². The molecule has 3 aromatic rings. The molecule has 8 heteroatoms. The number of nitrogens with zero attached hydrogens (tertiary/aromatic N) is 5. The van der Waals surface area contributed by atoms with Crippen LogP contribution in [0.5, 0.6) is 0 Å². The van der Waals surface area contributed by atoms with Crippen LogP contribution in [-0.2, 0) is 16.2 Å². The second-order valence-corrected chi connectivity index (χ2v) is 9.61. The van der Waals surface area contributed by atoms with E-state index in [0.29, 0.717) is 18.1 Å². The van der Waals surface area contributed by atoms with Crippen LogP contribution in [0.4, 0.5) is 0 Å². The second-order valence-electron chi connectivity index (χ2n) is 8.55. The van der Waals surface area contributed by atoms with Crippen molar-refractivity contribution >= 4 is 28.1 Å².